The van der Waals surface area contributed by atoms with Crippen molar-refractivity contribution in [2.75, 3.05) is 23.7 Å². The lowest BCUT2D eigenvalue weighted by Gasteiger charge is -2.20. The number of amides is 2. The van der Waals surface area contributed by atoms with Crippen LogP contribution in [0, 0.1) is 0 Å². The summed E-state index contributed by atoms with van der Waals surface area (Å²) < 4.78 is 56.1. The Morgan fingerprint density at radius 2 is 1.07 bits per heavy atom. The van der Waals surface area contributed by atoms with Crippen molar-refractivity contribution in [1.82, 2.24) is 13.6 Å². The van der Waals surface area contributed by atoms with E-state index in [0.717, 1.165) is 11.1 Å². The first-order chi connectivity index (χ1) is 26.5. The van der Waals surface area contributed by atoms with Gasteiger partial charge in [0.25, 0.3) is 11.8 Å². The number of nitrogens with one attached hydrogen (secondary N) is 2. The molecular formula is C41H39N5O6S3. The minimum Gasteiger partial charge on any atom is -0.322 e. The highest BCUT2D eigenvalue weighted by molar-refractivity contribution is 7.89. The van der Waals surface area contributed by atoms with Gasteiger partial charge in [0.15, 0.2) is 5.13 Å². The molecule has 11 nitrogen and oxygen atoms in total. The van der Waals surface area contributed by atoms with Gasteiger partial charge in [-0.2, -0.15) is 8.61 Å². The van der Waals surface area contributed by atoms with Gasteiger partial charge in [-0.15, -0.1) is 11.3 Å². The van der Waals surface area contributed by atoms with Crippen molar-refractivity contribution < 1.29 is 26.4 Å². The van der Waals surface area contributed by atoms with Crippen LogP contribution >= 0.6 is 11.3 Å². The number of thiazole rings is 1. The topological polar surface area (TPSA) is 146 Å². The van der Waals surface area contributed by atoms with Gasteiger partial charge in [-0.25, -0.2) is 21.8 Å². The highest BCUT2D eigenvalue weighted by Crippen LogP contribution is 2.28. The van der Waals surface area contributed by atoms with Gasteiger partial charge in [0.1, 0.15) is 0 Å². The standard InChI is InChI=1S/C41H39N5O6S3/c1-3-45(27-30-12-7-5-8-13-30)54(49,50)36-22-18-32(19-23-36)39(47)42-35-17-11-16-34(26-35)38-29-53-41(43-38)44-40(48)33-20-24-37(25-21-33)55(51,52)46(4-2)28-31-14-9-6-10-15-31/h5-26,29H,3-4,27-28H2,1-2H3,(H,42,47)(H,43,44,48). The number of nitrogens with zero attached hydrogens (tertiary/aromatic N) is 3. The summed E-state index contributed by atoms with van der Waals surface area (Å²) in [5.41, 5.74) is 4.07. The van der Waals surface area contributed by atoms with Gasteiger partial charge in [0, 0.05) is 53.9 Å². The summed E-state index contributed by atoms with van der Waals surface area (Å²) >= 11 is 1.22. The maximum absolute atomic E-state index is 13.3. The number of anilines is 2. The van der Waals surface area contributed by atoms with E-state index in [4.69, 9.17) is 0 Å². The molecule has 6 rings (SSSR count). The maximum atomic E-state index is 13.3. The molecule has 2 amide bonds. The lowest BCUT2D eigenvalue weighted by molar-refractivity contribution is 0.101. The van der Waals surface area contributed by atoms with Crippen molar-refractivity contribution in [3.8, 4) is 11.3 Å². The molecule has 6 aromatic rings. The summed E-state index contributed by atoms with van der Waals surface area (Å²) in [4.78, 5) is 31.0. The molecule has 0 saturated carbocycles. The lowest BCUT2D eigenvalue weighted by atomic mass is 10.1. The number of carbonyl (C=O) groups excluding carboxylic acids is 2. The minimum absolute atomic E-state index is 0.0909. The molecule has 0 aliphatic heterocycles. The third kappa shape index (κ3) is 9.42. The van der Waals surface area contributed by atoms with Gasteiger partial charge >= 0.3 is 0 Å². The first kappa shape index (κ1) is 39.2. The molecule has 5 aromatic carbocycles. The average Bonchev–Trinajstić information content (AvgIpc) is 3.68. The molecule has 0 saturated heterocycles. The van der Waals surface area contributed by atoms with E-state index in [1.807, 2.05) is 66.7 Å². The highest BCUT2D eigenvalue weighted by atomic mass is 32.2. The Hall–Kier alpha value is -5.51. The van der Waals surface area contributed by atoms with E-state index in [9.17, 15) is 26.4 Å². The van der Waals surface area contributed by atoms with E-state index in [2.05, 4.69) is 15.6 Å². The lowest BCUT2D eigenvalue weighted by Crippen LogP contribution is -2.30. The van der Waals surface area contributed by atoms with Crippen molar-refractivity contribution in [3.63, 3.8) is 0 Å². The van der Waals surface area contributed by atoms with Crippen LogP contribution in [0.3, 0.4) is 0 Å². The van der Waals surface area contributed by atoms with Crippen LogP contribution in [0.2, 0.25) is 0 Å². The Morgan fingerprint density at radius 1 is 0.600 bits per heavy atom. The van der Waals surface area contributed by atoms with E-state index in [-0.39, 0.29) is 40.6 Å². The summed E-state index contributed by atoms with van der Waals surface area (Å²) in [5, 5.41) is 7.74. The predicted octanol–water partition coefficient (Wildman–Crippen LogP) is 7.74. The van der Waals surface area contributed by atoms with Crippen molar-refractivity contribution in [2.45, 2.75) is 36.7 Å². The molecule has 0 spiro atoms. The van der Waals surface area contributed by atoms with E-state index in [0.29, 0.717) is 28.6 Å². The number of rotatable bonds is 15. The van der Waals surface area contributed by atoms with Crippen molar-refractivity contribution in [2.24, 2.45) is 0 Å². The van der Waals surface area contributed by atoms with Crippen molar-refractivity contribution >= 4 is 54.0 Å². The largest absolute Gasteiger partial charge is 0.322 e. The number of hydrogen-bond donors (Lipinski definition) is 2. The molecule has 0 radical (unpaired) electrons. The Bertz CT molecular complexity index is 2480. The molecule has 0 fully saturated rings. The van der Waals surface area contributed by atoms with Crippen molar-refractivity contribution in [1.29, 1.82) is 0 Å². The Kier molecular flexibility index (Phi) is 12.3. The summed E-state index contributed by atoms with van der Waals surface area (Å²) in [6, 6.07) is 37.4. The van der Waals surface area contributed by atoms with Crippen LogP contribution in [0.25, 0.3) is 11.3 Å². The van der Waals surface area contributed by atoms with Gasteiger partial charge in [-0.3, -0.25) is 14.9 Å². The first-order valence-electron chi connectivity index (χ1n) is 17.4. The van der Waals surface area contributed by atoms with Crippen LogP contribution in [0.5, 0.6) is 0 Å². The summed E-state index contributed by atoms with van der Waals surface area (Å²) in [7, 11) is -7.57. The summed E-state index contributed by atoms with van der Waals surface area (Å²) in [6.45, 7) is 4.62. The Morgan fingerprint density at radius 3 is 1.55 bits per heavy atom. The zero-order valence-electron chi connectivity index (χ0n) is 30.1. The van der Waals surface area contributed by atoms with Gasteiger partial charge in [-0.05, 0) is 71.8 Å². The molecule has 0 unspecified atom stereocenters. The molecule has 55 heavy (non-hydrogen) atoms. The Labute approximate surface area is 325 Å². The zero-order valence-corrected chi connectivity index (χ0v) is 32.6. The van der Waals surface area contributed by atoms with Crippen LogP contribution < -0.4 is 10.6 Å². The predicted molar refractivity (Wildman–Crippen MR) is 216 cm³/mol. The smallest absolute Gasteiger partial charge is 0.257 e. The fourth-order valence-electron chi connectivity index (χ4n) is 5.75. The molecule has 1 heterocycles. The number of hydrogen-bond acceptors (Lipinski definition) is 8. The van der Waals surface area contributed by atoms with Gasteiger partial charge in [-0.1, -0.05) is 86.6 Å². The Balaban J connectivity index is 1.07. The molecule has 2 N–H and O–H groups in total. The second-order valence-corrected chi connectivity index (χ2v) is 17.1. The summed E-state index contributed by atoms with van der Waals surface area (Å²) in [6.07, 6.45) is 0. The molecule has 0 bridgehead atoms. The fraction of sp³-hybridized carbons (Fsp3) is 0.146. The monoisotopic (exact) mass is 793 g/mol. The number of aromatic nitrogens is 1. The van der Waals surface area contributed by atoms with E-state index in [1.165, 1.54) is 68.5 Å². The van der Waals surface area contributed by atoms with E-state index < -0.39 is 31.9 Å². The van der Waals surface area contributed by atoms with Gasteiger partial charge in [0.05, 0.1) is 15.5 Å². The molecule has 1 aromatic heterocycles. The van der Waals surface area contributed by atoms with Gasteiger partial charge in [0.2, 0.25) is 20.0 Å². The molecular weight excluding hydrogens is 755 g/mol. The van der Waals surface area contributed by atoms with Crippen LogP contribution in [-0.2, 0) is 33.1 Å². The molecule has 14 heteroatoms. The third-order valence-electron chi connectivity index (χ3n) is 8.76. The summed E-state index contributed by atoms with van der Waals surface area (Å²) in [5.74, 6) is -0.860. The molecule has 0 aliphatic rings. The second-order valence-electron chi connectivity index (χ2n) is 12.4. The first-order valence-corrected chi connectivity index (χ1v) is 21.2. The third-order valence-corrected chi connectivity index (χ3v) is 13.4. The second kappa shape index (κ2) is 17.3. The number of sulfonamides is 2. The minimum atomic E-state index is -3.78. The van der Waals surface area contributed by atoms with Crippen LogP contribution in [0.1, 0.15) is 45.7 Å². The number of carbonyl (C=O) groups is 2. The van der Waals surface area contributed by atoms with Gasteiger partial charge < -0.3 is 5.32 Å². The van der Waals surface area contributed by atoms with E-state index >= 15 is 0 Å². The average molecular weight is 794 g/mol. The van der Waals surface area contributed by atoms with Crippen LogP contribution in [0.15, 0.2) is 149 Å². The van der Waals surface area contributed by atoms with Crippen molar-refractivity contribution in [3.05, 3.63) is 161 Å². The van der Waals surface area contributed by atoms with Crippen LogP contribution in [-0.4, -0.2) is 55.3 Å². The normalized spacial score (nSPS) is 11.8. The quantitative estimate of drug-likeness (QED) is 0.108. The van der Waals surface area contributed by atoms with E-state index in [1.54, 1.807) is 37.4 Å². The molecule has 282 valence electrons. The fourth-order valence-corrected chi connectivity index (χ4v) is 9.34. The SMILES string of the molecule is CCN(Cc1ccccc1)S(=O)(=O)c1ccc(C(=O)Nc2cccc(-c3csc(NC(=O)c4ccc(S(=O)(=O)N(CC)Cc5ccccc5)cc4)n3)c2)cc1. The number of benzene rings is 5. The zero-order chi connectivity index (χ0) is 39.0. The molecule has 0 aliphatic carbocycles. The van der Waals surface area contributed by atoms with Crippen LogP contribution in [0.4, 0.5) is 10.8 Å². The maximum Gasteiger partial charge on any atom is 0.257 e. The molecule has 0 atom stereocenters. The highest BCUT2D eigenvalue weighted by Gasteiger charge is 2.25.